The molecule has 0 atom stereocenters. The molecule has 0 fully saturated rings. The molecule has 7 aromatic rings. The monoisotopic (exact) mass is 665 g/mol. The Kier molecular flexibility index (Phi) is 7.11. The maximum absolute atomic E-state index is 9.68. The second-order valence-electron chi connectivity index (χ2n) is 15.4. The van der Waals surface area contributed by atoms with Gasteiger partial charge in [0.15, 0.2) is 0 Å². The summed E-state index contributed by atoms with van der Waals surface area (Å²) in [6.45, 7) is 13.9. The zero-order valence-corrected chi connectivity index (χ0v) is 30.1. The zero-order chi connectivity index (χ0) is 35.8. The van der Waals surface area contributed by atoms with Crippen molar-refractivity contribution in [2.45, 2.75) is 38.5 Å². The SMILES string of the molecule is C=C(/C=C(/c1ccc2c(c1)C(C)(C)c1ccccc1-2)c1cc(-c2ccc3c(c2)C(C)(C)c2ccccc2-3)c2ccccc2c1)c1cccc(C#N)c1. The van der Waals surface area contributed by atoms with Crippen LogP contribution in [0.3, 0.4) is 0 Å². The average Bonchev–Trinajstić information content (AvgIpc) is 3.55. The molecule has 0 unspecified atom stereocenters. The highest BCUT2D eigenvalue weighted by Crippen LogP contribution is 2.51. The fraction of sp³-hybridized carbons (Fsp3) is 0.118. The number of nitriles is 1. The highest BCUT2D eigenvalue weighted by Gasteiger charge is 2.36. The molecule has 1 nitrogen and oxygen atoms in total. The normalized spacial score (nSPS) is 14.6. The Balaban J connectivity index is 1.26. The van der Waals surface area contributed by atoms with E-state index in [4.69, 9.17) is 0 Å². The highest BCUT2D eigenvalue weighted by atomic mass is 14.4. The van der Waals surface area contributed by atoms with E-state index in [2.05, 4.69) is 168 Å². The molecule has 0 N–H and O–H groups in total. The maximum Gasteiger partial charge on any atom is 0.0991 e. The van der Waals surface area contributed by atoms with E-state index in [1.165, 1.54) is 66.4 Å². The molecule has 7 aromatic carbocycles. The summed E-state index contributed by atoms with van der Waals surface area (Å²) in [5.41, 5.74) is 18.7. The molecule has 0 radical (unpaired) electrons. The summed E-state index contributed by atoms with van der Waals surface area (Å²) in [7, 11) is 0. The molecule has 0 saturated heterocycles. The number of allylic oxidation sites excluding steroid dienone is 2. The Bertz CT molecular complexity index is 2710. The van der Waals surface area contributed by atoms with Gasteiger partial charge in [0, 0.05) is 10.8 Å². The Morgan fingerprint density at radius 1 is 0.519 bits per heavy atom. The first-order valence-corrected chi connectivity index (χ1v) is 18.1. The van der Waals surface area contributed by atoms with Crippen molar-refractivity contribution in [1.29, 1.82) is 5.26 Å². The first-order valence-electron chi connectivity index (χ1n) is 18.1. The van der Waals surface area contributed by atoms with Crippen LogP contribution < -0.4 is 0 Å². The van der Waals surface area contributed by atoms with Gasteiger partial charge in [-0.2, -0.15) is 5.26 Å². The van der Waals surface area contributed by atoms with Crippen molar-refractivity contribution >= 4 is 21.9 Å². The molecule has 2 aliphatic carbocycles. The molecule has 0 heterocycles. The molecule has 9 rings (SSSR count). The molecule has 0 aliphatic heterocycles. The van der Waals surface area contributed by atoms with Crippen molar-refractivity contribution in [3.63, 3.8) is 0 Å². The lowest BCUT2D eigenvalue weighted by molar-refractivity contribution is 0.660. The lowest BCUT2D eigenvalue weighted by Gasteiger charge is -2.23. The van der Waals surface area contributed by atoms with Crippen LogP contribution in [0.4, 0.5) is 0 Å². The van der Waals surface area contributed by atoms with Crippen LogP contribution in [0.25, 0.3) is 55.3 Å². The molecule has 248 valence electrons. The lowest BCUT2D eigenvalue weighted by atomic mass is 9.80. The van der Waals surface area contributed by atoms with Gasteiger partial charge in [0.1, 0.15) is 0 Å². The van der Waals surface area contributed by atoms with E-state index in [1.807, 2.05) is 24.3 Å². The summed E-state index contributed by atoms with van der Waals surface area (Å²) in [6.07, 6.45) is 2.21. The molecular weight excluding hydrogens is 627 g/mol. The number of benzene rings is 7. The van der Waals surface area contributed by atoms with Gasteiger partial charge in [0.25, 0.3) is 0 Å². The fourth-order valence-electron chi connectivity index (χ4n) is 8.83. The number of hydrogen-bond donors (Lipinski definition) is 0. The Morgan fingerprint density at radius 3 is 1.85 bits per heavy atom. The highest BCUT2D eigenvalue weighted by molar-refractivity contribution is 6.02. The largest absolute Gasteiger partial charge is 0.192 e. The van der Waals surface area contributed by atoms with Crippen molar-refractivity contribution in [2.24, 2.45) is 0 Å². The molecular formula is C51H39N. The average molecular weight is 666 g/mol. The number of hydrogen-bond acceptors (Lipinski definition) is 1. The van der Waals surface area contributed by atoms with Gasteiger partial charge in [-0.15, -0.1) is 0 Å². The zero-order valence-electron chi connectivity index (χ0n) is 30.1. The van der Waals surface area contributed by atoms with Crippen LogP contribution in [-0.2, 0) is 10.8 Å². The van der Waals surface area contributed by atoms with Gasteiger partial charge in [0.05, 0.1) is 11.6 Å². The molecule has 0 saturated carbocycles. The van der Waals surface area contributed by atoms with E-state index in [0.29, 0.717) is 5.56 Å². The van der Waals surface area contributed by atoms with E-state index in [1.54, 1.807) is 0 Å². The molecule has 2 aliphatic rings. The van der Waals surface area contributed by atoms with Gasteiger partial charge >= 0.3 is 0 Å². The van der Waals surface area contributed by atoms with Crippen LogP contribution in [0, 0.1) is 11.3 Å². The summed E-state index contributed by atoms with van der Waals surface area (Å²) >= 11 is 0. The van der Waals surface area contributed by atoms with Crippen molar-refractivity contribution < 1.29 is 0 Å². The first kappa shape index (κ1) is 31.7. The smallest absolute Gasteiger partial charge is 0.0991 e. The predicted molar refractivity (Wildman–Crippen MR) is 218 cm³/mol. The number of nitrogens with zero attached hydrogens (tertiary/aromatic N) is 1. The molecule has 0 spiro atoms. The fourth-order valence-corrected chi connectivity index (χ4v) is 8.83. The predicted octanol–water partition coefficient (Wildman–Crippen LogP) is 13.1. The minimum absolute atomic E-state index is 0.0923. The van der Waals surface area contributed by atoms with Crippen molar-refractivity contribution in [2.75, 3.05) is 0 Å². The standard InChI is InChI=1S/C51H39N/c1-32(34-15-12-13-33(26-34)31-52)25-44(36-21-23-42-40-17-8-10-19-46(40)50(2,3)48(42)29-36)38-27-35-14-6-7-16-39(35)45(28-38)37-22-24-43-41-18-9-11-20-47(41)51(4,5)49(43)30-37/h6-30H,1H2,2-5H3/b44-25-. The van der Waals surface area contributed by atoms with Crippen molar-refractivity contribution in [3.05, 3.63) is 203 Å². The van der Waals surface area contributed by atoms with Crippen LogP contribution in [-0.4, -0.2) is 0 Å². The van der Waals surface area contributed by atoms with Gasteiger partial charge in [-0.1, -0.05) is 143 Å². The third-order valence-corrected chi connectivity index (χ3v) is 11.6. The van der Waals surface area contributed by atoms with Gasteiger partial charge < -0.3 is 0 Å². The summed E-state index contributed by atoms with van der Waals surface area (Å²) in [6, 6.07) is 55.1. The van der Waals surface area contributed by atoms with Crippen molar-refractivity contribution in [1.82, 2.24) is 0 Å². The second-order valence-corrected chi connectivity index (χ2v) is 15.4. The summed E-state index contributed by atoms with van der Waals surface area (Å²) in [4.78, 5) is 0. The molecule has 0 amide bonds. The topological polar surface area (TPSA) is 23.8 Å². The number of rotatable bonds is 5. The number of fused-ring (bicyclic) bond motifs is 7. The molecule has 0 bridgehead atoms. The van der Waals surface area contributed by atoms with Gasteiger partial charge in [-0.3, -0.25) is 0 Å². The second kappa shape index (κ2) is 11.7. The van der Waals surface area contributed by atoms with Crippen LogP contribution in [0.15, 0.2) is 158 Å². The van der Waals surface area contributed by atoms with E-state index >= 15 is 0 Å². The van der Waals surface area contributed by atoms with E-state index < -0.39 is 0 Å². The van der Waals surface area contributed by atoms with Crippen LogP contribution >= 0.6 is 0 Å². The maximum atomic E-state index is 9.68. The van der Waals surface area contributed by atoms with Crippen LogP contribution in [0.5, 0.6) is 0 Å². The summed E-state index contributed by atoms with van der Waals surface area (Å²) in [5, 5.41) is 12.1. The Labute approximate surface area is 306 Å². The van der Waals surface area contributed by atoms with E-state index in [9.17, 15) is 5.26 Å². The molecule has 0 aromatic heterocycles. The third-order valence-electron chi connectivity index (χ3n) is 11.6. The molecule has 52 heavy (non-hydrogen) atoms. The molecule has 1 heteroatoms. The minimum Gasteiger partial charge on any atom is -0.192 e. The van der Waals surface area contributed by atoms with Gasteiger partial charge in [-0.25, -0.2) is 0 Å². The van der Waals surface area contributed by atoms with Crippen LogP contribution in [0.2, 0.25) is 0 Å². The minimum atomic E-state index is -0.130. The Hall–Kier alpha value is -6.23. The Morgan fingerprint density at radius 2 is 1.13 bits per heavy atom. The van der Waals surface area contributed by atoms with E-state index in [-0.39, 0.29) is 10.8 Å². The van der Waals surface area contributed by atoms with Crippen molar-refractivity contribution in [3.8, 4) is 39.4 Å². The van der Waals surface area contributed by atoms with Gasteiger partial charge in [0.2, 0.25) is 0 Å². The van der Waals surface area contributed by atoms with Crippen LogP contribution in [0.1, 0.15) is 72.2 Å². The van der Waals surface area contributed by atoms with Gasteiger partial charge in [-0.05, 0) is 137 Å². The third kappa shape index (κ3) is 4.83. The van der Waals surface area contributed by atoms with E-state index in [0.717, 1.165) is 27.8 Å². The first-order chi connectivity index (χ1) is 25.1. The summed E-state index contributed by atoms with van der Waals surface area (Å²) in [5.74, 6) is 0. The quantitative estimate of drug-likeness (QED) is 0.168. The lowest BCUT2D eigenvalue weighted by Crippen LogP contribution is -2.15. The summed E-state index contributed by atoms with van der Waals surface area (Å²) < 4.78 is 0.